The van der Waals surface area contributed by atoms with Gasteiger partial charge >= 0.3 is 0 Å². The zero-order valence-corrected chi connectivity index (χ0v) is 8.40. The Labute approximate surface area is 79.2 Å². The molecular weight excluding hydrogens is 176 g/mol. The summed E-state index contributed by atoms with van der Waals surface area (Å²) in [5.41, 5.74) is 0.190. The van der Waals surface area contributed by atoms with Crippen LogP contribution in [0.3, 0.4) is 0 Å². The molecule has 0 aromatic heterocycles. The lowest BCUT2D eigenvalue weighted by atomic mass is 9.82. The van der Waals surface area contributed by atoms with Crippen LogP contribution in [0.1, 0.15) is 19.3 Å². The van der Waals surface area contributed by atoms with Crippen molar-refractivity contribution < 1.29 is 9.47 Å². The molecule has 12 heavy (non-hydrogen) atoms. The Morgan fingerprint density at radius 1 is 1.58 bits per heavy atom. The van der Waals surface area contributed by atoms with E-state index in [9.17, 15) is 0 Å². The molecule has 0 spiro atoms. The molecule has 1 unspecified atom stereocenters. The first-order valence-corrected chi connectivity index (χ1v) is 4.99. The van der Waals surface area contributed by atoms with E-state index in [1.54, 1.807) is 7.11 Å². The maximum Gasteiger partial charge on any atom is 0.0534 e. The van der Waals surface area contributed by atoms with Crippen molar-refractivity contribution in [3.05, 3.63) is 0 Å². The molecule has 1 rings (SSSR count). The van der Waals surface area contributed by atoms with Gasteiger partial charge in [-0.05, 0) is 19.3 Å². The molecule has 1 aliphatic heterocycles. The number of hydrogen-bond donors (Lipinski definition) is 0. The molecule has 1 atom stereocenters. The summed E-state index contributed by atoms with van der Waals surface area (Å²) in [6.07, 6.45) is 3.34. The molecule has 3 heteroatoms. The lowest BCUT2D eigenvalue weighted by Crippen LogP contribution is -2.34. The van der Waals surface area contributed by atoms with Gasteiger partial charge in [0.1, 0.15) is 0 Å². The first kappa shape index (κ1) is 10.3. The van der Waals surface area contributed by atoms with Crippen molar-refractivity contribution >= 4 is 11.6 Å². The number of methoxy groups -OCH3 is 1. The normalized spacial score (nSPS) is 30.5. The van der Waals surface area contributed by atoms with Gasteiger partial charge in [0.05, 0.1) is 6.61 Å². The molecule has 0 N–H and O–H groups in total. The summed E-state index contributed by atoms with van der Waals surface area (Å²) >= 11 is 5.94. The molecule has 0 bridgehead atoms. The van der Waals surface area contributed by atoms with Crippen molar-refractivity contribution in [2.75, 3.05) is 32.8 Å². The summed E-state index contributed by atoms with van der Waals surface area (Å²) in [7, 11) is 1.73. The average Bonchev–Trinajstić information content (AvgIpc) is 2.16. The molecule has 72 valence electrons. The van der Waals surface area contributed by atoms with E-state index in [2.05, 4.69) is 0 Å². The van der Waals surface area contributed by atoms with E-state index in [4.69, 9.17) is 21.1 Å². The van der Waals surface area contributed by atoms with Crippen LogP contribution in [0.2, 0.25) is 0 Å². The fraction of sp³-hybridized carbons (Fsp3) is 1.00. The second-order valence-corrected chi connectivity index (χ2v) is 3.80. The molecule has 1 heterocycles. The lowest BCUT2D eigenvalue weighted by Gasteiger charge is -2.35. The standard InChI is InChI=1S/C9H17ClO2/c1-11-6-4-9(7-10)3-2-5-12-8-9/h2-8H2,1H3. The molecule has 1 fully saturated rings. The highest BCUT2D eigenvalue weighted by Crippen LogP contribution is 2.33. The minimum atomic E-state index is 0.190. The fourth-order valence-corrected chi connectivity index (χ4v) is 1.94. The second kappa shape index (κ2) is 5.05. The predicted molar refractivity (Wildman–Crippen MR) is 49.7 cm³/mol. The molecule has 0 amide bonds. The minimum absolute atomic E-state index is 0.190. The van der Waals surface area contributed by atoms with Gasteiger partial charge in [-0.1, -0.05) is 0 Å². The Bertz CT molecular complexity index is 122. The molecule has 0 aromatic rings. The minimum Gasteiger partial charge on any atom is -0.385 e. The highest BCUT2D eigenvalue weighted by molar-refractivity contribution is 6.18. The highest BCUT2D eigenvalue weighted by Gasteiger charge is 2.31. The van der Waals surface area contributed by atoms with Gasteiger partial charge in [0, 0.05) is 31.6 Å². The molecule has 1 aliphatic rings. The molecule has 0 saturated carbocycles. The van der Waals surface area contributed by atoms with Crippen LogP contribution < -0.4 is 0 Å². The SMILES string of the molecule is COCCC1(CCl)CCCOC1. The van der Waals surface area contributed by atoms with Crippen LogP contribution in [0.25, 0.3) is 0 Å². The van der Waals surface area contributed by atoms with E-state index in [-0.39, 0.29) is 5.41 Å². The van der Waals surface area contributed by atoms with Gasteiger partial charge in [0.25, 0.3) is 0 Å². The van der Waals surface area contributed by atoms with E-state index in [1.165, 1.54) is 6.42 Å². The van der Waals surface area contributed by atoms with E-state index in [0.717, 1.165) is 32.7 Å². The van der Waals surface area contributed by atoms with Crippen LogP contribution in [0, 0.1) is 5.41 Å². The maximum absolute atomic E-state index is 5.94. The van der Waals surface area contributed by atoms with E-state index in [0.29, 0.717) is 5.88 Å². The Hall–Kier alpha value is 0.210. The number of hydrogen-bond acceptors (Lipinski definition) is 2. The molecule has 1 saturated heterocycles. The first-order chi connectivity index (χ1) is 5.83. The monoisotopic (exact) mass is 192 g/mol. The third-order valence-corrected chi connectivity index (χ3v) is 3.09. The van der Waals surface area contributed by atoms with Crippen molar-refractivity contribution in [3.8, 4) is 0 Å². The van der Waals surface area contributed by atoms with Crippen LogP contribution in [0.4, 0.5) is 0 Å². The number of halogens is 1. The molecule has 2 nitrogen and oxygen atoms in total. The molecule has 0 aromatic carbocycles. The van der Waals surface area contributed by atoms with Crippen LogP contribution >= 0.6 is 11.6 Å². The predicted octanol–water partition coefficient (Wildman–Crippen LogP) is 2.06. The van der Waals surface area contributed by atoms with E-state index in [1.807, 2.05) is 0 Å². The quantitative estimate of drug-likeness (QED) is 0.635. The Kier molecular flexibility index (Phi) is 4.33. The summed E-state index contributed by atoms with van der Waals surface area (Å²) in [6.45, 7) is 2.49. The van der Waals surface area contributed by atoms with Crippen molar-refractivity contribution in [1.82, 2.24) is 0 Å². The molecule has 0 aliphatic carbocycles. The van der Waals surface area contributed by atoms with Gasteiger partial charge in [-0.3, -0.25) is 0 Å². The van der Waals surface area contributed by atoms with Gasteiger partial charge < -0.3 is 9.47 Å². The van der Waals surface area contributed by atoms with Gasteiger partial charge in [0.2, 0.25) is 0 Å². The highest BCUT2D eigenvalue weighted by atomic mass is 35.5. The van der Waals surface area contributed by atoms with E-state index >= 15 is 0 Å². The van der Waals surface area contributed by atoms with Crippen LogP contribution in [-0.4, -0.2) is 32.8 Å². The topological polar surface area (TPSA) is 18.5 Å². The Morgan fingerprint density at radius 2 is 2.42 bits per heavy atom. The lowest BCUT2D eigenvalue weighted by molar-refractivity contribution is -0.0113. The van der Waals surface area contributed by atoms with Crippen molar-refractivity contribution in [3.63, 3.8) is 0 Å². The zero-order valence-electron chi connectivity index (χ0n) is 7.64. The van der Waals surface area contributed by atoms with Gasteiger partial charge in [-0.25, -0.2) is 0 Å². The molecular formula is C9H17ClO2. The van der Waals surface area contributed by atoms with Crippen molar-refractivity contribution in [1.29, 1.82) is 0 Å². The van der Waals surface area contributed by atoms with Crippen molar-refractivity contribution in [2.45, 2.75) is 19.3 Å². The largest absolute Gasteiger partial charge is 0.385 e. The summed E-state index contributed by atoms with van der Waals surface area (Å²) in [5.74, 6) is 0.691. The number of rotatable bonds is 4. The van der Waals surface area contributed by atoms with Gasteiger partial charge in [-0.2, -0.15) is 0 Å². The third kappa shape index (κ3) is 2.61. The van der Waals surface area contributed by atoms with Gasteiger partial charge in [-0.15, -0.1) is 11.6 Å². The fourth-order valence-electron chi connectivity index (χ4n) is 1.60. The zero-order chi connectivity index (χ0) is 8.86. The molecule has 0 radical (unpaired) electrons. The van der Waals surface area contributed by atoms with Crippen LogP contribution in [0.15, 0.2) is 0 Å². The summed E-state index contributed by atoms with van der Waals surface area (Å²) < 4.78 is 10.5. The third-order valence-electron chi connectivity index (χ3n) is 2.52. The maximum atomic E-state index is 5.94. The van der Waals surface area contributed by atoms with Crippen LogP contribution in [-0.2, 0) is 9.47 Å². The van der Waals surface area contributed by atoms with Crippen molar-refractivity contribution in [2.24, 2.45) is 5.41 Å². The first-order valence-electron chi connectivity index (χ1n) is 4.46. The second-order valence-electron chi connectivity index (χ2n) is 3.53. The van der Waals surface area contributed by atoms with Gasteiger partial charge in [0.15, 0.2) is 0 Å². The average molecular weight is 193 g/mol. The number of ether oxygens (including phenoxy) is 2. The smallest absolute Gasteiger partial charge is 0.0534 e. The van der Waals surface area contributed by atoms with Crippen LogP contribution in [0.5, 0.6) is 0 Å². The Balaban J connectivity index is 2.37. The summed E-state index contributed by atoms with van der Waals surface area (Å²) in [5, 5.41) is 0. The van der Waals surface area contributed by atoms with E-state index < -0.39 is 0 Å². The summed E-state index contributed by atoms with van der Waals surface area (Å²) in [6, 6.07) is 0. The summed E-state index contributed by atoms with van der Waals surface area (Å²) in [4.78, 5) is 0. The number of alkyl halides is 1. The Morgan fingerprint density at radius 3 is 2.92 bits per heavy atom.